The average molecular weight is 405 g/mol. The van der Waals surface area contributed by atoms with Crippen molar-refractivity contribution in [3.8, 4) is 0 Å². The summed E-state index contributed by atoms with van der Waals surface area (Å²) < 4.78 is 0. The molecule has 0 saturated heterocycles. The van der Waals surface area contributed by atoms with Gasteiger partial charge in [0.2, 0.25) is 5.91 Å². The number of amides is 1. The van der Waals surface area contributed by atoms with Gasteiger partial charge in [0.05, 0.1) is 0 Å². The molecule has 3 aromatic rings. The predicted octanol–water partition coefficient (Wildman–Crippen LogP) is 5.43. The standard InChI is InChI=1S/C24H21ClN2O2/c1-16-5-3-7-21(25)20(16)14-23(28)19-10-8-17(2)22(13-19)27-24(29)11-9-18-6-4-12-26-15-18/h3-13,15H,14H2,1-2H3,(H,27,29)/b11-9+. The van der Waals surface area contributed by atoms with E-state index >= 15 is 0 Å². The molecule has 146 valence electrons. The fourth-order valence-electron chi connectivity index (χ4n) is 2.90. The minimum absolute atomic E-state index is 0.0531. The molecule has 3 rings (SSSR count). The maximum atomic E-state index is 12.8. The first-order chi connectivity index (χ1) is 13.9. The number of rotatable bonds is 6. The molecule has 0 aliphatic carbocycles. The Bertz CT molecular complexity index is 1060. The maximum absolute atomic E-state index is 12.8. The summed E-state index contributed by atoms with van der Waals surface area (Å²) >= 11 is 6.25. The number of carbonyl (C=O) groups is 2. The fourth-order valence-corrected chi connectivity index (χ4v) is 3.19. The molecule has 4 nitrogen and oxygen atoms in total. The Kier molecular flexibility index (Phi) is 6.57. The van der Waals surface area contributed by atoms with Crippen LogP contribution in [0.2, 0.25) is 5.02 Å². The van der Waals surface area contributed by atoms with Crippen LogP contribution in [0.4, 0.5) is 5.69 Å². The van der Waals surface area contributed by atoms with E-state index in [1.807, 2.05) is 38.1 Å². The molecule has 1 N–H and O–H groups in total. The van der Waals surface area contributed by atoms with Crippen molar-refractivity contribution in [3.63, 3.8) is 0 Å². The smallest absolute Gasteiger partial charge is 0.248 e. The first-order valence-electron chi connectivity index (χ1n) is 9.21. The van der Waals surface area contributed by atoms with Crippen molar-refractivity contribution in [1.29, 1.82) is 0 Å². The molecule has 0 fully saturated rings. The lowest BCUT2D eigenvalue weighted by Crippen LogP contribution is -2.11. The van der Waals surface area contributed by atoms with Crippen LogP contribution in [-0.4, -0.2) is 16.7 Å². The van der Waals surface area contributed by atoms with E-state index in [4.69, 9.17) is 11.6 Å². The van der Waals surface area contributed by atoms with Crippen molar-refractivity contribution >= 4 is 35.1 Å². The van der Waals surface area contributed by atoms with Gasteiger partial charge in [0.1, 0.15) is 0 Å². The fraction of sp³-hybridized carbons (Fsp3) is 0.125. The van der Waals surface area contributed by atoms with Crippen LogP contribution in [0.15, 0.2) is 67.0 Å². The van der Waals surface area contributed by atoms with Crippen LogP contribution in [0.1, 0.15) is 32.6 Å². The maximum Gasteiger partial charge on any atom is 0.248 e. The monoisotopic (exact) mass is 404 g/mol. The second-order valence-electron chi connectivity index (χ2n) is 6.77. The molecule has 0 bridgehead atoms. The Morgan fingerprint density at radius 3 is 2.62 bits per heavy atom. The summed E-state index contributed by atoms with van der Waals surface area (Å²) in [6.07, 6.45) is 6.69. The SMILES string of the molecule is Cc1ccc(C(=O)Cc2c(C)cccc2Cl)cc1NC(=O)/C=C/c1cccnc1. The Morgan fingerprint density at radius 1 is 1.07 bits per heavy atom. The molecule has 0 aliphatic heterocycles. The van der Waals surface area contributed by atoms with E-state index in [9.17, 15) is 9.59 Å². The summed E-state index contributed by atoms with van der Waals surface area (Å²) in [6, 6.07) is 14.5. The van der Waals surface area contributed by atoms with Crippen LogP contribution in [0.5, 0.6) is 0 Å². The van der Waals surface area contributed by atoms with Crippen LogP contribution >= 0.6 is 11.6 Å². The minimum atomic E-state index is -0.275. The highest BCUT2D eigenvalue weighted by atomic mass is 35.5. The van der Waals surface area contributed by atoms with Gasteiger partial charge >= 0.3 is 0 Å². The predicted molar refractivity (Wildman–Crippen MR) is 117 cm³/mol. The Balaban J connectivity index is 1.74. The van der Waals surface area contributed by atoms with Gasteiger partial charge in [-0.05, 0) is 60.4 Å². The van der Waals surface area contributed by atoms with Crippen LogP contribution < -0.4 is 5.32 Å². The van der Waals surface area contributed by atoms with E-state index in [1.165, 1.54) is 6.08 Å². The summed E-state index contributed by atoms with van der Waals surface area (Å²) in [5.74, 6) is -0.328. The lowest BCUT2D eigenvalue weighted by atomic mass is 9.98. The summed E-state index contributed by atoms with van der Waals surface area (Å²) in [4.78, 5) is 29.1. The van der Waals surface area contributed by atoms with Gasteiger partial charge in [0.25, 0.3) is 0 Å². The molecule has 5 heteroatoms. The Hall–Kier alpha value is -3.24. The third-order valence-corrected chi connectivity index (χ3v) is 4.97. The zero-order valence-electron chi connectivity index (χ0n) is 16.3. The number of pyridine rings is 1. The second kappa shape index (κ2) is 9.30. The minimum Gasteiger partial charge on any atom is -0.322 e. The highest BCUT2D eigenvalue weighted by Crippen LogP contribution is 2.23. The molecule has 29 heavy (non-hydrogen) atoms. The number of Topliss-reactive ketones (excluding diaryl/α,β-unsaturated/α-hetero) is 1. The number of nitrogens with zero attached hydrogens (tertiary/aromatic N) is 1. The highest BCUT2D eigenvalue weighted by Gasteiger charge is 2.13. The van der Waals surface area contributed by atoms with E-state index in [-0.39, 0.29) is 18.1 Å². The van der Waals surface area contributed by atoms with Crippen molar-refractivity contribution in [1.82, 2.24) is 4.98 Å². The number of nitrogens with one attached hydrogen (secondary N) is 1. The first-order valence-corrected chi connectivity index (χ1v) is 9.59. The van der Waals surface area contributed by atoms with E-state index in [2.05, 4.69) is 10.3 Å². The van der Waals surface area contributed by atoms with Gasteiger partial charge in [-0.25, -0.2) is 0 Å². The topological polar surface area (TPSA) is 59.1 Å². The van der Waals surface area contributed by atoms with Crippen molar-refractivity contribution in [2.45, 2.75) is 20.3 Å². The quantitative estimate of drug-likeness (QED) is 0.440. The van der Waals surface area contributed by atoms with E-state index in [1.54, 1.807) is 42.7 Å². The molecule has 2 aromatic carbocycles. The zero-order chi connectivity index (χ0) is 20.8. The van der Waals surface area contributed by atoms with E-state index in [0.29, 0.717) is 16.3 Å². The molecule has 0 spiro atoms. The van der Waals surface area contributed by atoms with Crippen LogP contribution in [-0.2, 0) is 11.2 Å². The molecule has 0 saturated carbocycles. The lowest BCUT2D eigenvalue weighted by molar-refractivity contribution is -0.111. The number of ketones is 1. The van der Waals surface area contributed by atoms with Crippen LogP contribution in [0.3, 0.4) is 0 Å². The Morgan fingerprint density at radius 2 is 1.90 bits per heavy atom. The van der Waals surface area contributed by atoms with Crippen LogP contribution in [0, 0.1) is 13.8 Å². The first kappa shape index (κ1) is 20.5. The largest absolute Gasteiger partial charge is 0.322 e. The van der Waals surface area contributed by atoms with Crippen LogP contribution in [0.25, 0.3) is 6.08 Å². The van der Waals surface area contributed by atoms with Gasteiger partial charge in [-0.3, -0.25) is 14.6 Å². The van der Waals surface area contributed by atoms with Crippen molar-refractivity contribution in [2.75, 3.05) is 5.32 Å². The molecule has 0 atom stereocenters. The van der Waals surface area contributed by atoms with E-state index < -0.39 is 0 Å². The number of aryl methyl sites for hydroxylation is 2. The third kappa shape index (κ3) is 5.39. The van der Waals surface area contributed by atoms with Crippen molar-refractivity contribution in [3.05, 3.63) is 99.8 Å². The van der Waals surface area contributed by atoms with Gasteiger partial charge in [0.15, 0.2) is 5.78 Å². The van der Waals surface area contributed by atoms with Gasteiger partial charge < -0.3 is 5.32 Å². The summed E-state index contributed by atoms with van der Waals surface area (Å²) in [6.45, 7) is 3.82. The van der Waals surface area contributed by atoms with Crippen molar-refractivity contribution in [2.24, 2.45) is 0 Å². The summed E-state index contributed by atoms with van der Waals surface area (Å²) in [5, 5.41) is 3.42. The number of hydrogen-bond donors (Lipinski definition) is 1. The third-order valence-electron chi connectivity index (χ3n) is 4.62. The number of hydrogen-bond acceptors (Lipinski definition) is 3. The second-order valence-corrected chi connectivity index (χ2v) is 7.18. The zero-order valence-corrected chi connectivity index (χ0v) is 17.0. The Labute approximate surface area is 175 Å². The lowest BCUT2D eigenvalue weighted by Gasteiger charge is -2.11. The number of carbonyl (C=O) groups excluding carboxylic acids is 2. The number of halogens is 1. The van der Waals surface area contributed by atoms with Gasteiger partial charge in [-0.2, -0.15) is 0 Å². The molecule has 1 amide bonds. The summed E-state index contributed by atoms with van der Waals surface area (Å²) in [7, 11) is 0. The molecule has 1 aromatic heterocycles. The van der Waals surface area contributed by atoms with Gasteiger partial charge in [0, 0.05) is 41.2 Å². The van der Waals surface area contributed by atoms with Gasteiger partial charge in [-0.15, -0.1) is 0 Å². The normalized spacial score (nSPS) is 10.9. The molecular formula is C24H21ClN2O2. The highest BCUT2D eigenvalue weighted by molar-refractivity contribution is 6.31. The number of anilines is 1. The molecule has 0 radical (unpaired) electrons. The molecule has 0 unspecified atom stereocenters. The van der Waals surface area contributed by atoms with Crippen molar-refractivity contribution < 1.29 is 9.59 Å². The molecule has 1 heterocycles. The van der Waals surface area contributed by atoms with Gasteiger partial charge in [-0.1, -0.05) is 41.9 Å². The molecular weight excluding hydrogens is 384 g/mol. The number of aromatic nitrogens is 1. The number of benzene rings is 2. The average Bonchev–Trinajstić information content (AvgIpc) is 2.71. The van der Waals surface area contributed by atoms with E-state index in [0.717, 1.165) is 22.3 Å². The molecule has 0 aliphatic rings. The summed E-state index contributed by atoms with van der Waals surface area (Å²) in [5.41, 5.74) is 4.64.